The molecule has 0 aliphatic carbocycles. The molecular weight excluding hydrogens is 271 g/mol. The Hall–Kier alpha value is -2.22. The summed E-state index contributed by atoms with van der Waals surface area (Å²) in [5, 5.41) is 22.7. The van der Waals surface area contributed by atoms with Crippen LogP contribution < -0.4 is 5.32 Å². The second-order valence-electron chi connectivity index (χ2n) is 4.89. The molecule has 1 aromatic rings. The zero-order chi connectivity index (χ0) is 14.9. The van der Waals surface area contributed by atoms with Crippen molar-refractivity contribution in [2.45, 2.75) is 13.0 Å². The lowest BCUT2D eigenvalue weighted by Crippen LogP contribution is -2.43. The minimum absolute atomic E-state index is 0.0252. The van der Waals surface area contributed by atoms with E-state index in [0.717, 1.165) is 18.2 Å². The number of nitro groups is 1. The molecule has 20 heavy (non-hydrogen) atoms. The molecule has 2 atom stereocenters. The smallest absolute Gasteiger partial charge is 0.313 e. The van der Waals surface area contributed by atoms with Crippen molar-refractivity contribution in [2.75, 3.05) is 18.5 Å². The quantitative estimate of drug-likeness (QED) is 0.643. The summed E-state index contributed by atoms with van der Waals surface area (Å²) in [6.45, 7) is 1.66. The molecule has 0 saturated carbocycles. The van der Waals surface area contributed by atoms with Crippen molar-refractivity contribution in [2.24, 2.45) is 5.41 Å². The van der Waals surface area contributed by atoms with Crippen molar-refractivity contribution in [3.05, 3.63) is 34.1 Å². The molecule has 2 N–H and O–H groups in total. The molecule has 0 amide bonds. The van der Waals surface area contributed by atoms with Gasteiger partial charge in [0.2, 0.25) is 0 Å². The average molecular weight is 284 g/mol. The standard InChI is InChI=1S/C12H13FN2O5/c1-12(11(16)17)6-20-5-10(12)14-8-2-7(13)3-9(4-8)15(18)19/h2-4,10,14H,5-6H2,1H3,(H,16,17). The molecule has 1 fully saturated rings. The number of non-ortho nitro benzene ring substituents is 1. The average Bonchev–Trinajstić information content (AvgIpc) is 2.71. The Labute approximate surface area is 113 Å². The molecule has 1 aliphatic heterocycles. The van der Waals surface area contributed by atoms with Gasteiger partial charge in [-0.15, -0.1) is 0 Å². The van der Waals surface area contributed by atoms with Crippen LogP contribution in [0.25, 0.3) is 0 Å². The molecule has 108 valence electrons. The Balaban J connectivity index is 2.26. The molecular formula is C12H13FN2O5. The summed E-state index contributed by atoms with van der Waals surface area (Å²) in [6, 6.07) is 2.44. The predicted octanol–water partition coefficient (Wildman–Crippen LogP) is 1.64. The molecule has 1 aromatic carbocycles. The molecule has 1 aliphatic rings. The summed E-state index contributed by atoms with van der Waals surface area (Å²) >= 11 is 0. The van der Waals surface area contributed by atoms with Gasteiger partial charge in [-0.25, -0.2) is 4.39 Å². The fourth-order valence-corrected chi connectivity index (χ4v) is 2.05. The van der Waals surface area contributed by atoms with E-state index in [1.54, 1.807) is 0 Å². The van der Waals surface area contributed by atoms with Gasteiger partial charge < -0.3 is 15.2 Å². The van der Waals surface area contributed by atoms with Gasteiger partial charge in [-0.2, -0.15) is 0 Å². The molecule has 2 unspecified atom stereocenters. The number of ether oxygens (including phenoxy) is 1. The zero-order valence-electron chi connectivity index (χ0n) is 10.6. The molecule has 7 nitrogen and oxygen atoms in total. The fraction of sp³-hybridized carbons (Fsp3) is 0.417. The van der Waals surface area contributed by atoms with Crippen LogP contribution in [0.1, 0.15) is 6.92 Å². The third-order valence-electron chi connectivity index (χ3n) is 3.38. The zero-order valence-corrected chi connectivity index (χ0v) is 10.6. The maximum atomic E-state index is 13.3. The number of anilines is 1. The van der Waals surface area contributed by atoms with Crippen LogP contribution in [0.3, 0.4) is 0 Å². The number of carboxylic acid groups (broad SMARTS) is 1. The van der Waals surface area contributed by atoms with Crippen LogP contribution in [0.5, 0.6) is 0 Å². The third kappa shape index (κ3) is 2.55. The van der Waals surface area contributed by atoms with Crippen LogP contribution in [-0.2, 0) is 9.53 Å². The summed E-state index contributed by atoms with van der Waals surface area (Å²) < 4.78 is 18.5. The van der Waals surface area contributed by atoms with Gasteiger partial charge >= 0.3 is 5.97 Å². The van der Waals surface area contributed by atoms with Crippen molar-refractivity contribution in [1.29, 1.82) is 0 Å². The molecule has 8 heteroatoms. The van der Waals surface area contributed by atoms with Gasteiger partial charge in [-0.3, -0.25) is 14.9 Å². The van der Waals surface area contributed by atoms with Crippen molar-refractivity contribution in [3.63, 3.8) is 0 Å². The van der Waals surface area contributed by atoms with Crippen LogP contribution >= 0.6 is 0 Å². The minimum Gasteiger partial charge on any atom is -0.481 e. The topological polar surface area (TPSA) is 102 Å². The van der Waals surface area contributed by atoms with Gasteiger partial charge in [0.05, 0.1) is 30.2 Å². The van der Waals surface area contributed by atoms with E-state index in [4.69, 9.17) is 4.74 Å². The molecule has 0 spiro atoms. The van der Waals surface area contributed by atoms with Crippen LogP contribution in [-0.4, -0.2) is 35.3 Å². The first-order chi connectivity index (χ1) is 9.33. The van der Waals surface area contributed by atoms with E-state index < -0.39 is 33.9 Å². The second kappa shape index (κ2) is 5.04. The van der Waals surface area contributed by atoms with Crippen molar-refractivity contribution < 1.29 is 24.0 Å². The number of carbonyl (C=O) groups is 1. The van der Waals surface area contributed by atoms with Gasteiger partial charge in [0, 0.05) is 11.8 Å². The maximum Gasteiger partial charge on any atom is 0.313 e. The van der Waals surface area contributed by atoms with Gasteiger partial charge in [0.1, 0.15) is 11.2 Å². The molecule has 1 heterocycles. The first-order valence-corrected chi connectivity index (χ1v) is 5.85. The largest absolute Gasteiger partial charge is 0.481 e. The molecule has 2 rings (SSSR count). The van der Waals surface area contributed by atoms with Gasteiger partial charge in [-0.05, 0) is 13.0 Å². The highest BCUT2D eigenvalue weighted by Crippen LogP contribution is 2.32. The van der Waals surface area contributed by atoms with E-state index in [1.807, 2.05) is 0 Å². The Kier molecular flexibility index (Phi) is 3.58. The molecule has 0 radical (unpaired) electrons. The van der Waals surface area contributed by atoms with Crippen LogP contribution in [0.15, 0.2) is 18.2 Å². The van der Waals surface area contributed by atoms with Crippen molar-refractivity contribution >= 4 is 17.3 Å². The fourth-order valence-electron chi connectivity index (χ4n) is 2.05. The number of rotatable bonds is 4. The lowest BCUT2D eigenvalue weighted by Gasteiger charge is -2.26. The van der Waals surface area contributed by atoms with Gasteiger partial charge in [0.25, 0.3) is 5.69 Å². The predicted molar refractivity (Wildman–Crippen MR) is 67.0 cm³/mol. The Morgan fingerprint density at radius 2 is 2.30 bits per heavy atom. The maximum absolute atomic E-state index is 13.3. The number of nitrogens with zero attached hydrogens (tertiary/aromatic N) is 1. The number of hydrogen-bond acceptors (Lipinski definition) is 5. The third-order valence-corrected chi connectivity index (χ3v) is 3.38. The number of benzene rings is 1. The lowest BCUT2D eigenvalue weighted by atomic mass is 9.85. The number of aliphatic carboxylic acids is 1. The molecule has 0 aromatic heterocycles. The van der Waals surface area contributed by atoms with Gasteiger partial charge in [0.15, 0.2) is 0 Å². The number of carboxylic acids is 1. The van der Waals surface area contributed by atoms with E-state index in [2.05, 4.69) is 5.32 Å². The summed E-state index contributed by atoms with van der Waals surface area (Å²) in [6.07, 6.45) is 0. The first-order valence-electron chi connectivity index (χ1n) is 5.85. The normalized spacial score (nSPS) is 25.4. The Morgan fingerprint density at radius 1 is 1.60 bits per heavy atom. The number of nitro benzene ring substituents is 1. The number of nitrogens with one attached hydrogen (secondary N) is 1. The van der Waals surface area contributed by atoms with Gasteiger partial charge in [-0.1, -0.05) is 0 Å². The Morgan fingerprint density at radius 3 is 2.90 bits per heavy atom. The van der Waals surface area contributed by atoms with E-state index >= 15 is 0 Å². The summed E-state index contributed by atoms with van der Waals surface area (Å²) in [5.41, 5.74) is -1.41. The molecule has 1 saturated heterocycles. The monoisotopic (exact) mass is 284 g/mol. The van der Waals surface area contributed by atoms with Crippen molar-refractivity contribution in [1.82, 2.24) is 0 Å². The van der Waals surface area contributed by atoms with Crippen molar-refractivity contribution in [3.8, 4) is 0 Å². The molecule has 0 bridgehead atoms. The lowest BCUT2D eigenvalue weighted by molar-refractivity contribution is -0.385. The highest BCUT2D eigenvalue weighted by atomic mass is 19.1. The summed E-state index contributed by atoms with van der Waals surface area (Å²) in [5.74, 6) is -1.81. The Bertz CT molecular complexity index is 565. The summed E-state index contributed by atoms with van der Waals surface area (Å²) in [7, 11) is 0. The van der Waals surface area contributed by atoms with E-state index in [0.29, 0.717) is 0 Å². The van der Waals surface area contributed by atoms with Crippen LogP contribution in [0, 0.1) is 21.3 Å². The SMILES string of the molecule is CC1(C(=O)O)COCC1Nc1cc(F)cc([N+](=O)[O-])c1. The second-order valence-corrected chi connectivity index (χ2v) is 4.89. The van der Waals surface area contributed by atoms with Crippen LogP contribution in [0.2, 0.25) is 0 Å². The highest BCUT2D eigenvalue weighted by molar-refractivity contribution is 5.76. The number of hydrogen-bond donors (Lipinski definition) is 2. The van der Waals surface area contributed by atoms with E-state index in [-0.39, 0.29) is 18.9 Å². The van der Waals surface area contributed by atoms with E-state index in [1.165, 1.54) is 6.92 Å². The van der Waals surface area contributed by atoms with E-state index in [9.17, 15) is 24.4 Å². The van der Waals surface area contributed by atoms with Crippen LogP contribution in [0.4, 0.5) is 15.8 Å². The highest BCUT2D eigenvalue weighted by Gasteiger charge is 2.46. The number of halogens is 1. The first kappa shape index (κ1) is 14.2. The minimum atomic E-state index is -1.17. The summed E-state index contributed by atoms with van der Waals surface area (Å²) in [4.78, 5) is 21.2.